The van der Waals surface area contributed by atoms with Crippen molar-refractivity contribution in [3.8, 4) is 17.2 Å². The van der Waals surface area contributed by atoms with Crippen molar-refractivity contribution >= 4 is 61.0 Å². The van der Waals surface area contributed by atoms with Crippen molar-refractivity contribution in [1.29, 1.82) is 0 Å². The molecule has 0 saturated carbocycles. The Bertz CT molecular complexity index is 2740. The van der Waals surface area contributed by atoms with E-state index in [2.05, 4.69) is 119 Å². The minimum absolute atomic E-state index is 0. The summed E-state index contributed by atoms with van der Waals surface area (Å²) in [5.74, 6) is 1.21. The Balaban J connectivity index is 0.00000314. The first kappa shape index (κ1) is 29.3. The van der Waals surface area contributed by atoms with E-state index in [1.54, 1.807) is 0 Å². The number of pyridine rings is 2. The maximum Gasteiger partial charge on any atom is 2.00 e. The Kier molecular flexibility index (Phi) is 6.59. The normalized spacial score (nSPS) is 13.5. The number of nitrogens with zero attached hydrogens (tertiary/aromatic N) is 4. The molecule has 5 nitrogen and oxygen atoms in total. The number of ether oxygens (including phenoxy) is 1. The van der Waals surface area contributed by atoms with Crippen LogP contribution >= 0.6 is 11.8 Å². The molecule has 7 heteroatoms. The molecule has 4 aromatic heterocycles. The summed E-state index contributed by atoms with van der Waals surface area (Å²) in [6.07, 6.45) is 5.68. The van der Waals surface area contributed by atoms with Crippen molar-refractivity contribution in [3.05, 3.63) is 145 Å². The average Bonchev–Trinajstić information content (AvgIpc) is 3.73. The molecule has 0 amide bonds. The van der Waals surface area contributed by atoms with Crippen LogP contribution in [0.3, 0.4) is 0 Å². The van der Waals surface area contributed by atoms with Gasteiger partial charge in [0.2, 0.25) is 0 Å². The number of hydrogen-bond acceptors (Lipinski definition) is 4. The molecular formula is C41H26N4OPtS. The number of aromatic nitrogens is 4. The van der Waals surface area contributed by atoms with E-state index in [-0.39, 0.29) is 26.5 Å². The third-order valence-electron chi connectivity index (χ3n) is 9.54. The summed E-state index contributed by atoms with van der Waals surface area (Å²) in [7, 11) is 0. The first-order chi connectivity index (χ1) is 23.1. The van der Waals surface area contributed by atoms with Crippen LogP contribution in [-0.4, -0.2) is 18.9 Å². The summed E-state index contributed by atoms with van der Waals surface area (Å²) >= 11 is 1.86. The summed E-state index contributed by atoms with van der Waals surface area (Å²) in [6, 6.07) is 43.0. The zero-order valence-electron chi connectivity index (χ0n) is 26.0. The number of rotatable bonds is 3. The molecule has 48 heavy (non-hydrogen) atoms. The van der Waals surface area contributed by atoms with Crippen molar-refractivity contribution in [2.45, 2.75) is 29.1 Å². The van der Waals surface area contributed by atoms with Gasteiger partial charge in [-0.15, -0.1) is 30.3 Å². The van der Waals surface area contributed by atoms with Crippen LogP contribution in [0.25, 0.3) is 54.9 Å². The fourth-order valence-electron chi connectivity index (χ4n) is 7.35. The van der Waals surface area contributed by atoms with E-state index in [1.165, 1.54) is 26.3 Å². The van der Waals surface area contributed by atoms with Crippen LogP contribution in [0, 0.1) is 12.1 Å². The molecule has 10 rings (SSSR count). The molecular weight excluding hydrogens is 792 g/mol. The van der Waals surface area contributed by atoms with Gasteiger partial charge in [-0.2, -0.15) is 6.07 Å². The van der Waals surface area contributed by atoms with Gasteiger partial charge in [0.1, 0.15) is 5.65 Å². The Labute approximate surface area is 295 Å². The van der Waals surface area contributed by atoms with Crippen LogP contribution < -0.4 is 4.74 Å². The van der Waals surface area contributed by atoms with Gasteiger partial charge in [0, 0.05) is 61.6 Å². The fourth-order valence-corrected chi connectivity index (χ4v) is 8.90. The average molecular weight is 818 g/mol. The molecule has 0 fully saturated rings. The van der Waals surface area contributed by atoms with E-state index in [9.17, 15) is 0 Å². The third-order valence-corrected chi connectivity index (χ3v) is 10.7. The number of fused-ring (bicyclic) bond motifs is 12. The topological polar surface area (TPSA) is 44.4 Å². The number of benzene rings is 5. The quantitative estimate of drug-likeness (QED) is 0.132. The maximum atomic E-state index is 6.46. The van der Waals surface area contributed by atoms with E-state index in [4.69, 9.17) is 9.72 Å². The molecule has 5 heterocycles. The number of hydrogen-bond donors (Lipinski definition) is 0. The van der Waals surface area contributed by atoms with Crippen molar-refractivity contribution < 1.29 is 25.8 Å². The van der Waals surface area contributed by atoms with Crippen LogP contribution in [-0.2, 0) is 26.5 Å². The molecule has 0 bridgehead atoms. The minimum atomic E-state index is -0.119. The molecule has 0 aliphatic carbocycles. The second-order valence-electron chi connectivity index (χ2n) is 12.5. The number of para-hydroxylation sites is 1. The molecule has 0 unspecified atom stereocenters. The van der Waals surface area contributed by atoms with Gasteiger partial charge in [0.15, 0.2) is 0 Å². The smallest absolute Gasteiger partial charge is 0.503 e. The SMILES string of the molecule is CC1(C)c2ccccc2Sc2c1ccc1c2c2cccnc2n1-c1[c-]c(Oc2[c-]c3c(cc2)c2ccccc2n2ccnc32)ccc1.[Pt+2]. The van der Waals surface area contributed by atoms with Crippen LogP contribution in [0.5, 0.6) is 11.5 Å². The summed E-state index contributed by atoms with van der Waals surface area (Å²) in [4.78, 5) is 12.2. The Morgan fingerprint density at radius 3 is 2.42 bits per heavy atom. The Hall–Kier alpha value is -4.90. The van der Waals surface area contributed by atoms with Gasteiger partial charge in [-0.3, -0.25) is 4.98 Å². The van der Waals surface area contributed by atoms with Gasteiger partial charge in [-0.1, -0.05) is 90.6 Å². The Morgan fingerprint density at radius 1 is 0.667 bits per heavy atom. The van der Waals surface area contributed by atoms with E-state index in [0.717, 1.165) is 49.6 Å². The second-order valence-corrected chi connectivity index (χ2v) is 13.6. The van der Waals surface area contributed by atoms with Crippen molar-refractivity contribution in [2.24, 2.45) is 0 Å². The molecule has 0 N–H and O–H groups in total. The molecule has 232 valence electrons. The van der Waals surface area contributed by atoms with E-state index >= 15 is 0 Å². The van der Waals surface area contributed by atoms with E-state index in [1.807, 2.05) is 54.6 Å². The van der Waals surface area contributed by atoms with Gasteiger partial charge >= 0.3 is 21.1 Å². The zero-order chi connectivity index (χ0) is 31.3. The van der Waals surface area contributed by atoms with Gasteiger partial charge in [0.05, 0.1) is 11.2 Å². The summed E-state index contributed by atoms with van der Waals surface area (Å²) in [5, 5.41) is 5.50. The second kappa shape index (κ2) is 10.8. The minimum Gasteiger partial charge on any atom is -0.503 e. The molecule has 5 aromatic carbocycles. The molecule has 9 aromatic rings. The molecule has 0 atom stereocenters. The van der Waals surface area contributed by atoms with Crippen molar-refractivity contribution in [2.75, 3.05) is 0 Å². The molecule has 0 spiro atoms. The summed E-state index contributed by atoms with van der Waals surface area (Å²) in [6.45, 7) is 4.65. The van der Waals surface area contributed by atoms with E-state index in [0.29, 0.717) is 11.5 Å². The standard InChI is InChI=1S/C41H26N4OS.Pt/c1-41(2)32-13-4-6-15-36(32)47-38-33(41)18-19-35-37(38)30-12-8-20-42-40(30)45(35)25-9-7-10-26(23-25)46-27-16-17-28-29-11-3-5-14-34(29)44-22-21-43-39(44)31(28)24-27;/h3-22H,1-2H3;/q-2;+2. The van der Waals surface area contributed by atoms with Crippen LogP contribution in [0.1, 0.15) is 25.0 Å². The predicted molar refractivity (Wildman–Crippen MR) is 189 cm³/mol. The van der Waals surface area contributed by atoms with Crippen LogP contribution in [0.2, 0.25) is 0 Å². The molecule has 0 radical (unpaired) electrons. The predicted octanol–water partition coefficient (Wildman–Crippen LogP) is 10.3. The van der Waals surface area contributed by atoms with Crippen LogP contribution in [0.4, 0.5) is 0 Å². The summed E-state index contributed by atoms with van der Waals surface area (Å²) in [5.41, 5.74) is 7.41. The Morgan fingerprint density at radius 2 is 1.48 bits per heavy atom. The number of imidazole rings is 1. The first-order valence-electron chi connectivity index (χ1n) is 15.7. The first-order valence-corrected chi connectivity index (χ1v) is 16.5. The largest absolute Gasteiger partial charge is 2.00 e. The zero-order valence-corrected chi connectivity index (χ0v) is 29.1. The van der Waals surface area contributed by atoms with Gasteiger partial charge in [-0.05, 0) is 46.8 Å². The monoisotopic (exact) mass is 817 g/mol. The molecule has 0 saturated heterocycles. The molecule has 1 aliphatic rings. The van der Waals surface area contributed by atoms with Crippen molar-refractivity contribution in [1.82, 2.24) is 18.9 Å². The van der Waals surface area contributed by atoms with Gasteiger partial charge < -0.3 is 13.7 Å². The van der Waals surface area contributed by atoms with Crippen molar-refractivity contribution in [3.63, 3.8) is 0 Å². The summed E-state index contributed by atoms with van der Waals surface area (Å²) < 4.78 is 10.8. The molecule has 1 aliphatic heterocycles. The maximum absolute atomic E-state index is 6.46. The third kappa shape index (κ3) is 4.16. The van der Waals surface area contributed by atoms with Gasteiger partial charge in [-0.25, -0.2) is 4.98 Å². The fraction of sp³-hybridized carbons (Fsp3) is 0.0732. The van der Waals surface area contributed by atoms with Gasteiger partial charge in [0.25, 0.3) is 0 Å². The van der Waals surface area contributed by atoms with E-state index < -0.39 is 0 Å². The van der Waals surface area contributed by atoms with Crippen LogP contribution in [0.15, 0.2) is 132 Å².